The highest BCUT2D eigenvalue weighted by atomic mass is 16.2. The summed E-state index contributed by atoms with van der Waals surface area (Å²) in [6, 6.07) is 8.00. The first-order valence-electron chi connectivity index (χ1n) is 7.42. The molecule has 3 rings (SSSR count). The van der Waals surface area contributed by atoms with Crippen LogP contribution in [-0.4, -0.2) is 28.9 Å². The smallest absolute Gasteiger partial charge is 0.256 e. The number of para-hydroxylation sites is 1. The Balaban J connectivity index is 1.85. The number of hydrogen-bond donors (Lipinski definition) is 1. The maximum atomic E-state index is 12.7. The van der Waals surface area contributed by atoms with Crippen molar-refractivity contribution >= 4 is 16.8 Å². The van der Waals surface area contributed by atoms with E-state index in [4.69, 9.17) is 0 Å². The molecule has 20 heavy (non-hydrogen) atoms. The zero-order valence-corrected chi connectivity index (χ0v) is 12.3. The molecule has 1 aromatic carbocycles. The molecular formula is C17H22N2O. The van der Waals surface area contributed by atoms with Crippen LogP contribution in [0.1, 0.15) is 43.5 Å². The first-order valence-corrected chi connectivity index (χ1v) is 7.42. The van der Waals surface area contributed by atoms with Crippen molar-refractivity contribution in [2.45, 2.75) is 33.1 Å². The average molecular weight is 270 g/mol. The van der Waals surface area contributed by atoms with Crippen LogP contribution in [0.5, 0.6) is 0 Å². The van der Waals surface area contributed by atoms with Crippen LogP contribution in [0.3, 0.4) is 0 Å². The zero-order valence-electron chi connectivity index (χ0n) is 12.3. The van der Waals surface area contributed by atoms with Gasteiger partial charge in [-0.15, -0.1) is 0 Å². The molecule has 1 N–H and O–H groups in total. The van der Waals surface area contributed by atoms with E-state index < -0.39 is 0 Å². The van der Waals surface area contributed by atoms with Crippen LogP contribution in [0.2, 0.25) is 0 Å². The summed E-state index contributed by atoms with van der Waals surface area (Å²) in [7, 11) is 0. The topological polar surface area (TPSA) is 36.1 Å². The molecule has 0 spiro atoms. The monoisotopic (exact) mass is 270 g/mol. The number of nitrogens with one attached hydrogen (secondary N) is 1. The van der Waals surface area contributed by atoms with E-state index in [9.17, 15) is 4.79 Å². The predicted octanol–water partition coefficient (Wildman–Crippen LogP) is 3.82. The van der Waals surface area contributed by atoms with E-state index in [0.29, 0.717) is 5.41 Å². The third-order valence-corrected chi connectivity index (χ3v) is 4.45. The highest BCUT2D eigenvalue weighted by Crippen LogP contribution is 2.30. The van der Waals surface area contributed by atoms with Crippen LogP contribution in [0.25, 0.3) is 10.9 Å². The number of nitrogens with zero attached hydrogens (tertiary/aromatic N) is 1. The zero-order chi connectivity index (χ0) is 14.2. The van der Waals surface area contributed by atoms with Crippen LogP contribution < -0.4 is 0 Å². The van der Waals surface area contributed by atoms with Crippen molar-refractivity contribution in [1.29, 1.82) is 0 Å². The Morgan fingerprint density at radius 1 is 1.20 bits per heavy atom. The number of hydrogen-bond acceptors (Lipinski definition) is 1. The molecule has 1 aliphatic rings. The maximum absolute atomic E-state index is 12.7. The van der Waals surface area contributed by atoms with Gasteiger partial charge in [0.25, 0.3) is 5.91 Å². The number of aromatic amines is 1. The summed E-state index contributed by atoms with van der Waals surface area (Å²) in [4.78, 5) is 18.0. The van der Waals surface area contributed by atoms with Gasteiger partial charge in [-0.05, 0) is 30.7 Å². The Morgan fingerprint density at radius 3 is 2.85 bits per heavy atom. The van der Waals surface area contributed by atoms with E-state index in [1.165, 1.54) is 6.42 Å². The molecule has 0 aliphatic carbocycles. The van der Waals surface area contributed by atoms with Gasteiger partial charge in [-0.25, -0.2) is 0 Å². The third-order valence-electron chi connectivity index (χ3n) is 4.45. The number of benzene rings is 1. The lowest BCUT2D eigenvalue weighted by molar-refractivity contribution is 0.0759. The molecule has 1 saturated heterocycles. The number of H-pyrrole nitrogens is 1. The molecule has 1 aliphatic heterocycles. The van der Waals surface area contributed by atoms with Gasteiger partial charge < -0.3 is 9.88 Å². The number of carbonyl (C=O) groups is 1. The predicted molar refractivity (Wildman–Crippen MR) is 81.8 cm³/mol. The fourth-order valence-corrected chi connectivity index (χ4v) is 3.04. The number of carbonyl (C=O) groups excluding carboxylic acids is 1. The van der Waals surface area contributed by atoms with Crippen molar-refractivity contribution in [2.24, 2.45) is 5.41 Å². The second kappa shape index (κ2) is 4.97. The summed E-state index contributed by atoms with van der Waals surface area (Å²) in [6.45, 7) is 6.34. The minimum absolute atomic E-state index is 0.167. The number of aromatic nitrogens is 1. The molecule has 106 valence electrons. The Morgan fingerprint density at radius 2 is 2.00 bits per heavy atom. The summed E-state index contributed by atoms with van der Waals surface area (Å²) in [5, 5.41) is 1.03. The molecular weight excluding hydrogens is 248 g/mol. The maximum Gasteiger partial charge on any atom is 0.256 e. The van der Waals surface area contributed by atoms with Crippen LogP contribution in [0.4, 0.5) is 0 Å². The fourth-order valence-electron chi connectivity index (χ4n) is 3.04. The Hall–Kier alpha value is -1.77. The van der Waals surface area contributed by atoms with Gasteiger partial charge in [0, 0.05) is 30.2 Å². The van der Waals surface area contributed by atoms with E-state index in [-0.39, 0.29) is 5.91 Å². The van der Waals surface area contributed by atoms with Crippen LogP contribution in [0.15, 0.2) is 30.5 Å². The standard InChI is InChI=1S/C17H22N2O/c1-17(2)8-5-10-19(11-9-17)16(20)14-12-18-15-7-4-3-6-13(14)15/h3-4,6-7,12,18H,5,8-11H2,1-2H3. The molecule has 0 saturated carbocycles. The van der Waals surface area contributed by atoms with Gasteiger partial charge in [0.1, 0.15) is 0 Å². The molecule has 0 bridgehead atoms. The second-order valence-electron chi connectivity index (χ2n) is 6.56. The SMILES string of the molecule is CC1(C)CCCN(C(=O)c2c[nH]c3ccccc23)CC1. The van der Waals surface area contributed by atoms with E-state index in [1.807, 2.05) is 35.4 Å². The first kappa shape index (κ1) is 13.2. The highest BCUT2D eigenvalue weighted by Gasteiger charge is 2.26. The Kier molecular flexibility index (Phi) is 3.28. The molecule has 1 aromatic heterocycles. The third kappa shape index (κ3) is 2.45. The van der Waals surface area contributed by atoms with Gasteiger partial charge in [-0.3, -0.25) is 4.79 Å². The van der Waals surface area contributed by atoms with Crippen molar-refractivity contribution < 1.29 is 4.79 Å². The van der Waals surface area contributed by atoms with E-state index in [2.05, 4.69) is 18.8 Å². The molecule has 2 aromatic rings. The number of fused-ring (bicyclic) bond motifs is 1. The highest BCUT2D eigenvalue weighted by molar-refractivity contribution is 6.06. The quantitative estimate of drug-likeness (QED) is 0.840. The molecule has 0 radical (unpaired) electrons. The summed E-state index contributed by atoms with van der Waals surface area (Å²) in [5.74, 6) is 0.167. The lowest BCUT2D eigenvalue weighted by Gasteiger charge is -2.23. The first-order chi connectivity index (χ1) is 9.57. The Bertz CT molecular complexity index is 627. The normalized spacial score (nSPS) is 19.0. The van der Waals surface area contributed by atoms with Crippen LogP contribution in [-0.2, 0) is 0 Å². The molecule has 2 heterocycles. The van der Waals surface area contributed by atoms with Crippen LogP contribution in [0, 0.1) is 5.41 Å². The van der Waals surface area contributed by atoms with Crippen molar-refractivity contribution in [3.8, 4) is 0 Å². The van der Waals surface area contributed by atoms with Gasteiger partial charge in [0.2, 0.25) is 0 Å². The summed E-state index contributed by atoms with van der Waals surface area (Å²) in [6.07, 6.45) is 5.23. The average Bonchev–Trinajstić information content (AvgIpc) is 2.77. The van der Waals surface area contributed by atoms with Gasteiger partial charge in [-0.2, -0.15) is 0 Å². The molecule has 3 heteroatoms. The van der Waals surface area contributed by atoms with E-state index >= 15 is 0 Å². The molecule has 3 nitrogen and oxygen atoms in total. The number of likely N-dealkylation sites (tertiary alicyclic amines) is 1. The summed E-state index contributed by atoms with van der Waals surface area (Å²) < 4.78 is 0. The summed E-state index contributed by atoms with van der Waals surface area (Å²) in [5.41, 5.74) is 2.20. The van der Waals surface area contributed by atoms with Crippen molar-refractivity contribution in [3.05, 3.63) is 36.0 Å². The lowest BCUT2D eigenvalue weighted by Crippen LogP contribution is -2.32. The summed E-state index contributed by atoms with van der Waals surface area (Å²) >= 11 is 0. The minimum atomic E-state index is 0.167. The van der Waals surface area contributed by atoms with Crippen LogP contribution >= 0.6 is 0 Å². The largest absolute Gasteiger partial charge is 0.360 e. The second-order valence-corrected chi connectivity index (χ2v) is 6.56. The van der Waals surface area contributed by atoms with Crippen molar-refractivity contribution in [2.75, 3.05) is 13.1 Å². The van der Waals surface area contributed by atoms with Crippen molar-refractivity contribution in [3.63, 3.8) is 0 Å². The number of amides is 1. The molecule has 1 amide bonds. The van der Waals surface area contributed by atoms with Gasteiger partial charge in [0.15, 0.2) is 0 Å². The lowest BCUT2D eigenvalue weighted by atomic mass is 9.85. The minimum Gasteiger partial charge on any atom is -0.360 e. The van der Waals surface area contributed by atoms with E-state index in [0.717, 1.165) is 42.4 Å². The fraction of sp³-hybridized carbons (Fsp3) is 0.471. The van der Waals surface area contributed by atoms with Gasteiger partial charge >= 0.3 is 0 Å². The molecule has 1 fully saturated rings. The molecule has 0 unspecified atom stereocenters. The van der Waals surface area contributed by atoms with Gasteiger partial charge in [-0.1, -0.05) is 32.0 Å². The molecule has 0 atom stereocenters. The van der Waals surface area contributed by atoms with E-state index in [1.54, 1.807) is 0 Å². The van der Waals surface area contributed by atoms with Crippen molar-refractivity contribution in [1.82, 2.24) is 9.88 Å². The Labute approximate surface area is 120 Å². The van der Waals surface area contributed by atoms with Gasteiger partial charge in [0.05, 0.1) is 5.56 Å². The number of rotatable bonds is 1.